The fourth-order valence-corrected chi connectivity index (χ4v) is 0.904. The van der Waals surface area contributed by atoms with Gasteiger partial charge < -0.3 is 10.8 Å². The molecule has 0 amide bonds. The number of hydrogen-bond donors (Lipinski definition) is 2. The summed E-state index contributed by atoms with van der Waals surface area (Å²) in [6, 6.07) is 1.55. The summed E-state index contributed by atoms with van der Waals surface area (Å²) in [5.41, 5.74) is 5.91. The molecular formula is C6H7ClN2O. The molecule has 0 bridgehead atoms. The molecule has 3 nitrogen and oxygen atoms in total. The Kier molecular flexibility index (Phi) is 1.68. The summed E-state index contributed by atoms with van der Waals surface area (Å²) in [4.78, 5) is 3.63. The largest absolute Gasteiger partial charge is 0.504 e. The highest BCUT2D eigenvalue weighted by atomic mass is 35.5. The Morgan fingerprint density at radius 3 is 2.80 bits per heavy atom. The lowest BCUT2D eigenvalue weighted by molar-refractivity contribution is 0.471. The summed E-state index contributed by atoms with van der Waals surface area (Å²) in [7, 11) is 0. The van der Waals surface area contributed by atoms with Gasteiger partial charge in [0.15, 0.2) is 11.6 Å². The minimum absolute atomic E-state index is 0.00407. The number of halogens is 1. The summed E-state index contributed by atoms with van der Waals surface area (Å²) in [6.07, 6.45) is 0. The van der Waals surface area contributed by atoms with Crippen molar-refractivity contribution >= 4 is 17.4 Å². The maximum absolute atomic E-state index is 9.08. The van der Waals surface area contributed by atoms with Gasteiger partial charge in [-0.1, -0.05) is 11.6 Å². The van der Waals surface area contributed by atoms with Crippen LogP contribution in [-0.2, 0) is 0 Å². The van der Waals surface area contributed by atoms with Gasteiger partial charge in [0.1, 0.15) is 5.15 Å². The SMILES string of the molecule is Cc1cc(Cl)nc(N)c1O. The van der Waals surface area contributed by atoms with Gasteiger partial charge in [-0.2, -0.15) is 0 Å². The fraction of sp³-hybridized carbons (Fsp3) is 0.167. The second-order valence-corrected chi connectivity index (χ2v) is 2.38. The highest BCUT2D eigenvalue weighted by Gasteiger charge is 2.02. The first-order valence-electron chi connectivity index (χ1n) is 2.73. The normalized spacial score (nSPS) is 9.80. The van der Waals surface area contributed by atoms with E-state index in [1.54, 1.807) is 13.0 Å². The van der Waals surface area contributed by atoms with Gasteiger partial charge in [-0.05, 0) is 18.6 Å². The molecule has 1 heterocycles. The molecule has 1 aromatic heterocycles. The molecule has 0 saturated carbocycles. The van der Waals surface area contributed by atoms with Crippen LogP contribution in [-0.4, -0.2) is 10.1 Å². The van der Waals surface area contributed by atoms with E-state index in [4.69, 9.17) is 22.4 Å². The van der Waals surface area contributed by atoms with Crippen molar-refractivity contribution in [3.63, 3.8) is 0 Å². The molecule has 10 heavy (non-hydrogen) atoms. The summed E-state index contributed by atoms with van der Waals surface area (Å²) < 4.78 is 0. The first kappa shape index (κ1) is 7.15. The van der Waals surface area contributed by atoms with Gasteiger partial charge in [0.05, 0.1) is 0 Å². The molecule has 1 rings (SSSR count). The third-order valence-electron chi connectivity index (χ3n) is 1.18. The Morgan fingerprint density at radius 2 is 2.30 bits per heavy atom. The molecule has 0 aliphatic carbocycles. The van der Waals surface area contributed by atoms with E-state index in [1.165, 1.54) is 0 Å². The van der Waals surface area contributed by atoms with Crippen LogP contribution in [0.5, 0.6) is 5.75 Å². The Labute approximate surface area is 63.5 Å². The molecule has 0 unspecified atom stereocenters. The molecule has 0 fully saturated rings. The van der Waals surface area contributed by atoms with Crippen molar-refractivity contribution in [3.8, 4) is 5.75 Å². The number of aryl methyl sites for hydroxylation is 1. The monoisotopic (exact) mass is 158 g/mol. The number of aromatic hydroxyl groups is 1. The number of nitrogen functional groups attached to an aromatic ring is 1. The molecule has 0 spiro atoms. The molecule has 3 N–H and O–H groups in total. The van der Waals surface area contributed by atoms with Crippen molar-refractivity contribution in [2.24, 2.45) is 0 Å². The number of nitrogens with zero attached hydrogens (tertiary/aromatic N) is 1. The van der Waals surface area contributed by atoms with Crippen molar-refractivity contribution in [1.82, 2.24) is 4.98 Å². The number of pyridine rings is 1. The minimum Gasteiger partial charge on any atom is -0.504 e. The first-order valence-corrected chi connectivity index (χ1v) is 3.10. The van der Waals surface area contributed by atoms with Gasteiger partial charge in [-0.3, -0.25) is 0 Å². The molecule has 4 heteroatoms. The van der Waals surface area contributed by atoms with Gasteiger partial charge in [0.2, 0.25) is 0 Å². The Balaban J connectivity index is 3.31. The number of hydrogen-bond acceptors (Lipinski definition) is 3. The predicted molar refractivity (Wildman–Crippen MR) is 40.1 cm³/mol. The van der Waals surface area contributed by atoms with E-state index in [2.05, 4.69) is 4.98 Å². The molecular weight excluding hydrogens is 152 g/mol. The van der Waals surface area contributed by atoms with Crippen molar-refractivity contribution < 1.29 is 5.11 Å². The zero-order valence-corrected chi connectivity index (χ0v) is 6.18. The van der Waals surface area contributed by atoms with Gasteiger partial charge in [-0.25, -0.2) is 4.98 Å². The lowest BCUT2D eigenvalue weighted by Gasteiger charge is -2.00. The molecule has 0 aliphatic rings. The third-order valence-corrected chi connectivity index (χ3v) is 1.37. The van der Waals surface area contributed by atoms with Crippen molar-refractivity contribution in [2.75, 3.05) is 5.73 Å². The molecule has 54 valence electrons. The average molecular weight is 159 g/mol. The number of nitrogens with two attached hydrogens (primary N) is 1. The van der Waals surface area contributed by atoms with E-state index >= 15 is 0 Å². The van der Waals surface area contributed by atoms with Crippen LogP contribution in [0.1, 0.15) is 5.56 Å². The smallest absolute Gasteiger partial charge is 0.167 e. The molecule has 0 aliphatic heterocycles. The van der Waals surface area contributed by atoms with Crippen LogP contribution in [0.25, 0.3) is 0 Å². The van der Waals surface area contributed by atoms with E-state index in [9.17, 15) is 0 Å². The highest BCUT2D eigenvalue weighted by molar-refractivity contribution is 6.29. The van der Waals surface area contributed by atoms with E-state index in [1.807, 2.05) is 0 Å². The second kappa shape index (κ2) is 2.34. The van der Waals surface area contributed by atoms with Gasteiger partial charge in [0, 0.05) is 0 Å². The van der Waals surface area contributed by atoms with E-state index < -0.39 is 0 Å². The van der Waals surface area contributed by atoms with E-state index in [0.717, 1.165) is 0 Å². The minimum atomic E-state index is 0.00407. The zero-order chi connectivity index (χ0) is 7.72. The van der Waals surface area contributed by atoms with Crippen LogP contribution in [0.4, 0.5) is 5.82 Å². The maximum atomic E-state index is 9.08. The summed E-state index contributed by atoms with van der Waals surface area (Å²) in [5.74, 6) is 0.0781. The summed E-state index contributed by atoms with van der Waals surface area (Å²) in [5, 5.41) is 9.38. The maximum Gasteiger partial charge on any atom is 0.167 e. The van der Waals surface area contributed by atoms with Gasteiger partial charge in [0.25, 0.3) is 0 Å². The predicted octanol–water partition coefficient (Wildman–Crippen LogP) is 1.33. The average Bonchev–Trinajstić information content (AvgIpc) is 1.82. The number of aromatic nitrogens is 1. The lowest BCUT2D eigenvalue weighted by Crippen LogP contribution is -1.92. The molecule has 0 saturated heterocycles. The second-order valence-electron chi connectivity index (χ2n) is 2.00. The highest BCUT2D eigenvalue weighted by Crippen LogP contribution is 2.24. The van der Waals surface area contributed by atoms with Crippen molar-refractivity contribution in [1.29, 1.82) is 0 Å². The molecule has 1 aromatic rings. The number of anilines is 1. The van der Waals surface area contributed by atoms with Crippen molar-refractivity contribution in [2.45, 2.75) is 6.92 Å². The van der Waals surface area contributed by atoms with Crippen LogP contribution < -0.4 is 5.73 Å². The molecule has 0 aromatic carbocycles. The Morgan fingerprint density at radius 1 is 1.70 bits per heavy atom. The molecule has 0 radical (unpaired) electrons. The van der Waals surface area contributed by atoms with E-state index in [0.29, 0.717) is 10.7 Å². The topological polar surface area (TPSA) is 59.1 Å². The lowest BCUT2D eigenvalue weighted by atomic mass is 10.3. The van der Waals surface area contributed by atoms with Crippen LogP contribution in [0.2, 0.25) is 5.15 Å². The quantitative estimate of drug-likeness (QED) is 0.560. The third kappa shape index (κ3) is 1.14. The van der Waals surface area contributed by atoms with Crippen LogP contribution in [0.3, 0.4) is 0 Å². The standard InChI is InChI=1S/C6H7ClN2O/c1-3-2-4(7)9-6(8)5(3)10/h2,10H,1H3,(H2,8,9). The first-order chi connectivity index (χ1) is 4.61. The fourth-order valence-electron chi connectivity index (χ4n) is 0.649. The zero-order valence-electron chi connectivity index (χ0n) is 5.43. The van der Waals surface area contributed by atoms with E-state index in [-0.39, 0.29) is 11.6 Å². The number of rotatable bonds is 0. The van der Waals surface area contributed by atoms with Gasteiger partial charge in [-0.15, -0.1) is 0 Å². The van der Waals surface area contributed by atoms with Crippen molar-refractivity contribution in [3.05, 3.63) is 16.8 Å². The van der Waals surface area contributed by atoms with Crippen LogP contribution in [0.15, 0.2) is 6.07 Å². The van der Waals surface area contributed by atoms with Crippen LogP contribution >= 0.6 is 11.6 Å². The molecule has 0 atom stereocenters. The Hall–Kier alpha value is -0.960. The van der Waals surface area contributed by atoms with Crippen LogP contribution in [0, 0.1) is 6.92 Å². The summed E-state index contributed by atoms with van der Waals surface area (Å²) >= 11 is 5.52. The van der Waals surface area contributed by atoms with Gasteiger partial charge >= 0.3 is 0 Å². The summed E-state index contributed by atoms with van der Waals surface area (Å²) in [6.45, 7) is 1.71. The Bertz CT molecular complexity index is 239.